The molecule has 0 aliphatic carbocycles. The highest BCUT2D eigenvalue weighted by Crippen LogP contribution is 2.31. The maximum Gasteiger partial charge on any atom is 0.410 e. The van der Waals surface area contributed by atoms with Crippen LogP contribution in [0.25, 0.3) is 10.8 Å². The molecule has 2 amide bonds. The molecule has 4 rings (SSSR count). The summed E-state index contributed by atoms with van der Waals surface area (Å²) >= 11 is 1.98. The number of piperidine rings is 1. The second kappa shape index (κ2) is 10.0. The lowest BCUT2D eigenvalue weighted by Gasteiger charge is -2.39. The summed E-state index contributed by atoms with van der Waals surface area (Å²) in [5.41, 5.74) is -0.758. The lowest BCUT2D eigenvalue weighted by Crippen LogP contribution is -2.53. The molecule has 184 valence electrons. The lowest BCUT2D eigenvalue weighted by molar-refractivity contribution is 0.0196. The molecule has 1 fully saturated rings. The first kappa shape index (κ1) is 25.3. The van der Waals surface area contributed by atoms with E-state index < -0.39 is 35.3 Å². The van der Waals surface area contributed by atoms with Crippen molar-refractivity contribution in [1.29, 1.82) is 0 Å². The van der Waals surface area contributed by atoms with Crippen LogP contribution in [0.15, 0.2) is 48.7 Å². The zero-order chi connectivity index (χ0) is 25.3. The fourth-order valence-electron chi connectivity index (χ4n) is 4.21. The van der Waals surface area contributed by atoms with Crippen molar-refractivity contribution < 1.29 is 23.1 Å². The molecule has 6 nitrogen and oxygen atoms in total. The van der Waals surface area contributed by atoms with E-state index >= 15 is 0 Å². The van der Waals surface area contributed by atoms with Crippen LogP contribution in [0.3, 0.4) is 0 Å². The molecule has 1 aromatic heterocycles. The van der Waals surface area contributed by atoms with Crippen LogP contribution < -0.4 is 4.90 Å². The summed E-state index contributed by atoms with van der Waals surface area (Å²) in [5.74, 6) is -1.33. The number of carbonyl (C=O) groups excluding carboxylic acids is 2. The average molecular weight is 593 g/mol. The maximum atomic E-state index is 14.9. The van der Waals surface area contributed by atoms with Crippen molar-refractivity contribution in [2.75, 3.05) is 18.0 Å². The van der Waals surface area contributed by atoms with Gasteiger partial charge in [-0.15, -0.1) is 0 Å². The first-order valence-corrected chi connectivity index (χ1v) is 12.4. The van der Waals surface area contributed by atoms with Gasteiger partial charge in [0.05, 0.1) is 11.6 Å². The Bertz CT molecular complexity index is 1280. The Morgan fingerprint density at radius 3 is 2.63 bits per heavy atom. The van der Waals surface area contributed by atoms with Crippen molar-refractivity contribution in [3.05, 3.63) is 69.4 Å². The van der Waals surface area contributed by atoms with Crippen LogP contribution in [0, 0.1) is 15.2 Å². The van der Waals surface area contributed by atoms with E-state index in [2.05, 4.69) is 4.98 Å². The van der Waals surface area contributed by atoms with Crippen molar-refractivity contribution in [1.82, 2.24) is 9.88 Å². The highest BCUT2D eigenvalue weighted by atomic mass is 127. The Hall–Kier alpha value is -2.82. The monoisotopic (exact) mass is 593 g/mol. The van der Waals surface area contributed by atoms with Gasteiger partial charge in [0, 0.05) is 28.2 Å². The minimum atomic E-state index is -0.662. The number of anilines is 1. The van der Waals surface area contributed by atoms with Crippen molar-refractivity contribution in [2.45, 2.75) is 45.3 Å². The number of amides is 2. The highest BCUT2D eigenvalue weighted by Gasteiger charge is 2.36. The van der Waals surface area contributed by atoms with Crippen molar-refractivity contribution in [2.24, 2.45) is 0 Å². The Morgan fingerprint density at radius 2 is 1.91 bits per heavy atom. The number of hydrogen-bond donors (Lipinski definition) is 0. The first-order chi connectivity index (χ1) is 16.5. The molecule has 0 saturated carbocycles. The van der Waals surface area contributed by atoms with Gasteiger partial charge in [0.15, 0.2) is 0 Å². The molecule has 35 heavy (non-hydrogen) atoms. The standard InChI is InChI=1S/C26H26F2IN3O3/c1-26(2,3)35-25(34)31-12-4-5-19(15-31)32(24(33)21-9-7-18(29)14-22(21)28)23-20-8-6-17(27)13-16(20)10-11-30-23/h6-11,13-14,19H,4-5,12,15H2,1-3H3/t19-/m1/s1. The van der Waals surface area contributed by atoms with Gasteiger partial charge in [0.25, 0.3) is 5.91 Å². The number of fused-ring (bicyclic) bond motifs is 1. The second-order valence-corrected chi connectivity index (χ2v) is 10.8. The molecule has 2 heterocycles. The molecule has 0 spiro atoms. The van der Waals surface area contributed by atoms with Crippen molar-refractivity contribution in [3.8, 4) is 0 Å². The third-order valence-corrected chi connectivity index (χ3v) is 6.40. The SMILES string of the molecule is CC(C)(C)OC(=O)N1CCC[C@@H](N(C(=O)c2ccc(I)cc2F)c2nccc3cc(F)ccc23)C1. The van der Waals surface area contributed by atoms with Crippen LogP contribution in [0.4, 0.5) is 19.4 Å². The Morgan fingerprint density at radius 1 is 1.14 bits per heavy atom. The predicted octanol–water partition coefficient (Wildman–Crippen LogP) is 6.16. The van der Waals surface area contributed by atoms with Gasteiger partial charge in [-0.3, -0.25) is 9.69 Å². The smallest absolute Gasteiger partial charge is 0.410 e. The molecule has 0 radical (unpaired) electrons. The van der Waals surface area contributed by atoms with Gasteiger partial charge in [0.1, 0.15) is 23.1 Å². The first-order valence-electron chi connectivity index (χ1n) is 11.3. The fourth-order valence-corrected chi connectivity index (χ4v) is 4.66. The molecule has 3 aromatic rings. The number of hydrogen-bond acceptors (Lipinski definition) is 4. The maximum absolute atomic E-state index is 14.9. The number of carbonyl (C=O) groups is 2. The molecule has 9 heteroatoms. The number of halogens is 3. The van der Waals surface area contributed by atoms with Gasteiger partial charge >= 0.3 is 6.09 Å². The third kappa shape index (κ3) is 5.71. The second-order valence-electron chi connectivity index (χ2n) is 9.52. The number of benzene rings is 2. The summed E-state index contributed by atoms with van der Waals surface area (Å²) in [7, 11) is 0. The Kier molecular flexibility index (Phi) is 7.25. The largest absolute Gasteiger partial charge is 0.444 e. The van der Waals surface area contributed by atoms with Gasteiger partial charge in [-0.2, -0.15) is 0 Å². The normalized spacial score (nSPS) is 16.3. The van der Waals surface area contributed by atoms with E-state index in [0.29, 0.717) is 39.5 Å². The average Bonchev–Trinajstić information content (AvgIpc) is 2.78. The van der Waals surface area contributed by atoms with Crippen molar-refractivity contribution >= 4 is 51.2 Å². The van der Waals surface area contributed by atoms with Crippen LogP contribution >= 0.6 is 22.6 Å². The van der Waals surface area contributed by atoms with Crippen LogP contribution in [0.5, 0.6) is 0 Å². The summed E-state index contributed by atoms with van der Waals surface area (Å²) in [4.78, 5) is 34.1. The molecule has 1 saturated heterocycles. The van der Waals surface area contributed by atoms with Gasteiger partial charge in [-0.1, -0.05) is 0 Å². The predicted molar refractivity (Wildman–Crippen MR) is 138 cm³/mol. The van der Waals surface area contributed by atoms with Gasteiger partial charge in [-0.05, 0) is 104 Å². The van der Waals surface area contributed by atoms with E-state index in [1.807, 2.05) is 22.6 Å². The summed E-state index contributed by atoms with van der Waals surface area (Å²) < 4.78 is 35.0. The number of pyridine rings is 1. The molecule has 1 aliphatic rings. The molecular formula is C26H26F2IN3O3. The van der Waals surface area contributed by atoms with Gasteiger partial charge in [-0.25, -0.2) is 18.6 Å². The molecule has 0 N–H and O–H groups in total. The van der Waals surface area contributed by atoms with E-state index in [4.69, 9.17) is 4.74 Å². The van der Waals surface area contributed by atoms with E-state index in [1.165, 1.54) is 35.4 Å². The van der Waals surface area contributed by atoms with E-state index in [9.17, 15) is 18.4 Å². The fraction of sp³-hybridized carbons (Fsp3) is 0.346. The zero-order valence-corrected chi connectivity index (χ0v) is 21.9. The minimum Gasteiger partial charge on any atom is -0.444 e. The van der Waals surface area contributed by atoms with Crippen LogP contribution in [0.2, 0.25) is 0 Å². The lowest BCUT2D eigenvalue weighted by atomic mass is 10.0. The summed E-state index contributed by atoms with van der Waals surface area (Å²) in [6, 6.07) is 9.81. The van der Waals surface area contributed by atoms with Crippen LogP contribution in [-0.4, -0.2) is 46.6 Å². The van der Waals surface area contributed by atoms with E-state index in [-0.39, 0.29) is 12.1 Å². The molecule has 1 atom stereocenters. The quantitative estimate of drug-likeness (QED) is 0.342. The molecule has 0 unspecified atom stereocenters. The minimum absolute atomic E-state index is 0.0966. The number of aromatic nitrogens is 1. The number of rotatable bonds is 3. The van der Waals surface area contributed by atoms with Gasteiger partial charge < -0.3 is 9.64 Å². The summed E-state index contributed by atoms with van der Waals surface area (Å²) in [6.45, 7) is 6.06. The molecule has 1 aliphatic heterocycles. The number of likely N-dealkylation sites (tertiary alicyclic amines) is 1. The van der Waals surface area contributed by atoms with E-state index in [0.717, 1.165) is 0 Å². The summed E-state index contributed by atoms with van der Waals surface area (Å²) in [5, 5.41) is 1.12. The number of ether oxygens (including phenoxy) is 1. The highest BCUT2D eigenvalue weighted by molar-refractivity contribution is 14.1. The molecule has 2 aromatic carbocycles. The Balaban J connectivity index is 1.78. The Labute approximate surface area is 216 Å². The van der Waals surface area contributed by atoms with Crippen LogP contribution in [0.1, 0.15) is 44.0 Å². The molecule has 0 bridgehead atoms. The zero-order valence-electron chi connectivity index (χ0n) is 19.7. The van der Waals surface area contributed by atoms with Crippen LogP contribution in [-0.2, 0) is 4.74 Å². The van der Waals surface area contributed by atoms with Gasteiger partial charge in [0.2, 0.25) is 0 Å². The molecular weight excluding hydrogens is 567 g/mol. The van der Waals surface area contributed by atoms with Crippen molar-refractivity contribution in [3.63, 3.8) is 0 Å². The third-order valence-electron chi connectivity index (χ3n) is 5.73. The summed E-state index contributed by atoms with van der Waals surface area (Å²) in [6.07, 6.45) is 2.23. The topological polar surface area (TPSA) is 62.7 Å². The van der Waals surface area contributed by atoms with E-state index in [1.54, 1.807) is 43.9 Å². The number of nitrogens with zero attached hydrogens (tertiary/aromatic N) is 3.